The number of hydrogen-bond acceptors (Lipinski definition) is 2. The second kappa shape index (κ2) is 5.66. The fraction of sp³-hybridized carbons (Fsp3) is 0.462. The van der Waals surface area contributed by atoms with Gasteiger partial charge in [0.1, 0.15) is 0 Å². The van der Waals surface area contributed by atoms with Crippen LogP contribution in [-0.2, 0) is 16.0 Å². The van der Waals surface area contributed by atoms with E-state index in [4.69, 9.17) is 9.84 Å². The first-order valence-corrected chi connectivity index (χ1v) is 5.43. The zero-order valence-electron chi connectivity index (χ0n) is 9.93. The molecule has 0 radical (unpaired) electrons. The standard InChI is InChI=1S/C13H18O3/c1-9(2)16-12(13(14)15)8-11-6-4-5-10(3)7-11/h4-7,9,12H,8H2,1-3H3,(H,14,15)/t12-/m1/s1. The third-order valence-electron chi connectivity index (χ3n) is 2.22. The van der Waals surface area contributed by atoms with Crippen molar-refractivity contribution in [2.45, 2.75) is 39.4 Å². The molecule has 0 bridgehead atoms. The van der Waals surface area contributed by atoms with Crippen molar-refractivity contribution in [3.05, 3.63) is 35.4 Å². The predicted molar refractivity (Wildman–Crippen MR) is 62.5 cm³/mol. The molecule has 0 saturated carbocycles. The lowest BCUT2D eigenvalue weighted by molar-refractivity contribution is -0.153. The van der Waals surface area contributed by atoms with Gasteiger partial charge in [-0.15, -0.1) is 0 Å². The second-order valence-electron chi connectivity index (χ2n) is 4.20. The zero-order chi connectivity index (χ0) is 12.1. The number of carbonyl (C=O) groups is 1. The fourth-order valence-electron chi connectivity index (χ4n) is 1.58. The molecule has 88 valence electrons. The number of hydrogen-bond donors (Lipinski definition) is 1. The summed E-state index contributed by atoms with van der Waals surface area (Å²) in [4.78, 5) is 11.0. The molecule has 1 N–H and O–H groups in total. The summed E-state index contributed by atoms with van der Waals surface area (Å²) in [5, 5.41) is 9.03. The average molecular weight is 222 g/mol. The predicted octanol–water partition coefficient (Wildman–Crippen LogP) is 2.42. The van der Waals surface area contributed by atoms with Gasteiger partial charge in [-0.05, 0) is 26.3 Å². The van der Waals surface area contributed by atoms with Crippen LogP contribution in [0.1, 0.15) is 25.0 Å². The Morgan fingerprint density at radius 2 is 2.12 bits per heavy atom. The van der Waals surface area contributed by atoms with Crippen LogP contribution >= 0.6 is 0 Å². The van der Waals surface area contributed by atoms with E-state index in [0.29, 0.717) is 6.42 Å². The van der Waals surface area contributed by atoms with Crippen molar-refractivity contribution in [1.82, 2.24) is 0 Å². The van der Waals surface area contributed by atoms with Crippen molar-refractivity contribution in [3.63, 3.8) is 0 Å². The van der Waals surface area contributed by atoms with Crippen molar-refractivity contribution in [2.75, 3.05) is 0 Å². The normalized spacial score (nSPS) is 12.8. The third-order valence-corrected chi connectivity index (χ3v) is 2.22. The SMILES string of the molecule is Cc1cccc(C[C@@H](OC(C)C)C(=O)O)c1. The Bertz CT molecular complexity index is 358. The average Bonchev–Trinajstić information content (AvgIpc) is 2.15. The smallest absolute Gasteiger partial charge is 0.333 e. The largest absolute Gasteiger partial charge is 0.479 e. The number of aryl methyl sites for hydroxylation is 1. The molecule has 3 nitrogen and oxygen atoms in total. The van der Waals surface area contributed by atoms with Gasteiger partial charge in [0.15, 0.2) is 6.10 Å². The van der Waals surface area contributed by atoms with Gasteiger partial charge in [-0.2, -0.15) is 0 Å². The monoisotopic (exact) mass is 222 g/mol. The molecular formula is C13H18O3. The van der Waals surface area contributed by atoms with E-state index in [1.54, 1.807) is 0 Å². The van der Waals surface area contributed by atoms with E-state index in [-0.39, 0.29) is 6.10 Å². The summed E-state index contributed by atoms with van der Waals surface area (Å²) in [6, 6.07) is 7.83. The summed E-state index contributed by atoms with van der Waals surface area (Å²) in [6.07, 6.45) is -0.428. The van der Waals surface area contributed by atoms with Crippen molar-refractivity contribution in [3.8, 4) is 0 Å². The topological polar surface area (TPSA) is 46.5 Å². The minimum absolute atomic E-state index is 0.0779. The second-order valence-corrected chi connectivity index (χ2v) is 4.20. The first kappa shape index (κ1) is 12.7. The summed E-state index contributed by atoms with van der Waals surface area (Å²) in [5.41, 5.74) is 2.12. The summed E-state index contributed by atoms with van der Waals surface area (Å²) in [5.74, 6) is -0.907. The van der Waals surface area contributed by atoms with Crippen molar-refractivity contribution in [2.24, 2.45) is 0 Å². The number of aliphatic carboxylic acids is 1. The molecule has 0 saturated heterocycles. The molecule has 0 unspecified atom stereocenters. The number of ether oxygens (including phenoxy) is 1. The summed E-state index contributed by atoms with van der Waals surface area (Å²) < 4.78 is 5.36. The fourth-order valence-corrected chi connectivity index (χ4v) is 1.58. The van der Waals surface area contributed by atoms with Gasteiger partial charge in [0.2, 0.25) is 0 Å². The number of rotatable bonds is 5. The highest BCUT2D eigenvalue weighted by molar-refractivity contribution is 5.72. The van der Waals surface area contributed by atoms with Crippen LogP contribution in [0.4, 0.5) is 0 Å². The molecule has 0 fully saturated rings. The van der Waals surface area contributed by atoms with Crippen molar-refractivity contribution < 1.29 is 14.6 Å². The van der Waals surface area contributed by atoms with Gasteiger partial charge >= 0.3 is 5.97 Å². The summed E-state index contributed by atoms with van der Waals surface area (Å²) in [6.45, 7) is 5.67. The molecule has 3 heteroatoms. The van der Waals surface area contributed by atoms with Gasteiger partial charge in [-0.25, -0.2) is 4.79 Å². The Hall–Kier alpha value is -1.35. The van der Waals surface area contributed by atoms with E-state index in [1.807, 2.05) is 45.0 Å². The van der Waals surface area contributed by atoms with E-state index >= 15 is 0 Å². The zero-order valence-corrected chi connectivity index (χ0v) is 9.93. The Balaban J connectivity index is 2.71. The van der Waals surface area contributed by atoms with Gasteiger partial charge in [-0.1, -0.05) is 29.8 Å². The Kier molecular flexibility index (Phi) is 4.50. The van der Waals surface area contributed by atoms with Gasteiger partial charge in [-0.3, -0.25) is 0 Å². The molecule has 0 aromatic heterocycles. The molecule has 0 heterocycles. The highest BCUT2D eigenvalue weighted by atomic mass is 16.5. The minimum atomic E-state index is -0.907. The lowest BCUT2D eigenvalue weighted by Crippen LogP contribution is -2.29. The van der Waals surface area contributed by atoms with Crippen LogP contribution in [-0.4, -0.2) is 23.3 Å². The molecule has 0 aliphatic rings. The number of benzene rings is 1. The maximum absolute atomic E-state index is 11.0. The molecule has 16 heavy (non-hydrogen) atoms. The van der Waals surface area contributed by atoms with Gasteiger partial charge in [0.25, 0.3) is 0 Å². The number of carboxylic acid groups (broad SMARTS) is 1. The molecular weight excluding hydrogens is 204 g/mol. The van der Waals surface area contributed by atoms with E-state index in [1.165, 1.54) is 0 Å². The van der Waals surface area contributed by atoms with Crippen LogP contribution < -0.4 is 0 Å². The van der Waals surface area contributed by atoms with E-state index < -0.39 is 12.1 Å². The first-order valence-electron chi connectivity index (χ1n) is 5.43. The molecule has 0 aliphatic carbocycles. The molecule has 0 spiro atoms. The first-order chi connectivity index (χ1) is 7.49. The maximum atomic E-state index is 11.0. The van der Waals surface area contributed by atoms with E-state index in [9.17, 15) is 4.79 Å². The minimum Gasteiger partial charge on any atom is -0.479 e. The quantitative estimate of drug-likeness (QED) is 0.832. The van der Waals surface area contributed by atoms with Crippen LogP contribution in [0.5, 0.6) is 0 Å². The summed E-state index contributed by atoms with van der Waals surface area (Å²) in [7, 11) is 0. The van der Waals surface area contributed by atoms with Gasteiger partial charge in [0, 0.05) is 6.42 Å². The Morgan fingerprint density at radius 3 is 2.62 bits per heavy atom. The van der Waals surface area contributed by atoms with Crippen LogP contribution in [0.2, 0.25) is 0 Å². The van der Waals surface area contributed by atoms with Crippen LogP contribution in [0.15, 0.2) is 24.3 Å². The molecule has 1 atom stereocenters. The maximum Gasteiger partial charge on any atom is 0.333 e. The molecule has 0 amide bonds. The van der Waals surface area contributed by atoms with Crippen LogP contribution in [0.3, 0.4) is 0 Å². The Labute approximate surface area is 96.1 Å². The summed E-state index contributed by atoms with van der Waals surface area (Å²) >= 11 is 0. The Morgan fingerprint density at radius 1 is 1.44 bits per heavy atom. The highest BCUT2D eigenvalue weighted by Gasteiger charge is 2.19. The number of carboxylic acids is 1. The van der Waals surface area contributed by atoms with Crippen LogP contribution in [0.25, 0.3) is 0 Å². The van der Waals surface area contributed by atoms with Crippen molar-refractivity contribution >= 4 is 5.97 Å². The molecule has 1 aromatic carbocycles. The molecule has 0 aliphatic heterocycles. The van der Waals surface area contributed by atoms with Gasteiger partial charge in [0.05, 0.1) is 6.10 Å². The van der Waals surface area contributed by atoms with E-state index in [0.717, 1.165) is 11.1 Å². The van der Waals surface area contributed by atoms with Crippen LogP contribution in [0, 0.1) is 6.92 Å². The highest BCUT2D eigenvalue weighted by Crippen LogP contribution is 2.10. The van der Waals surface area contributed by atoms with E-state index in [2.05, 4.69) is 0 Å². The van der Waals surface area contributed by atoms with Crippen molar-refractivity contribution in [1.29, 1.82) is 0 Å². The molecule has 1 aromatic rings. The van der Waals surface area contributed by atoms with Gasteiger partial charge < -0.3 is 9.84 Å². The lowest BCUT2D eigenvalue weighted by atomic mass is 10.1. The third kappa shape index (κ3) is 4.03. The molecule has 1 rings (SSSR count). The lowest BCUT2D eigenvalue weighted by Gasteiger charge is -2.16.